The second kappa shape index (κ2) is 10.8. The van der Waals surface area contributed by atoms with Crippen molar-refractivity contribution >= 4 is 40.2 Å². The van der Waals surface area contributed by atoms with Gasteiger partial charge in [0.25, 0.3) is 5.91 Å². The summed E-state index contributed by atoms with van der Waals surface area (Å²) in [5.74, 6) is 0.883. The van der Waals surface area contributed by atoms with Crippen LogP contribution in [0.1, 0.15) is 43.1 Å². The Labute approximate surface area is 193 Å². The standard InChI is InChI=1S/C20H26Cl2N4O4S/c1-3-26-19(14-10-23-16(21)8-15(14)30-2)17(22)18(25-26)20(27)24-9-12-4-6-13(7-5-12)11-31(28)29/h8,10,12-13H,3-7,9,11H2,1-2H3,(H,24,27)(H,28,29)/p-1. The molecular formula is C20H25Cl2N4O4S-. The minimum absolute atomic E-state index is 0.144. The number of nitrogens with one attached hydrogen (secondary N) is 1. The lowest BCUT2D eigenvalue weighted by atomic mass is 9.83. The van der Waals surface area contributed by atoms with Gasteiger partial charge in [-0.25, -0.2) is 4.98 Å². The maximum Gasteiger partial charge on any atom is 0.273 e. The number of nitrogens with zero attached hydrogens (tertiary/aromatic N) is 3. The first-order valence-corrected chi connectivity index (χ1v) is 12.1. The van der Waals surface area contributed by atoms with Gasteiger partial charge in [0.2, 0.25) is 0 Å². The highest BCUT2D eigenvalue weighted by molar-refractivity contribution is 7.79. The highest BCUT2D eigenvalue weighted by atomic mass is 35.5. The van der Waals surface area contributed by atoms with Crippen LogP contribution >= 0.6 is 23.2 Å². The monoisotopic (exact) mass is 487 g/mol. The lowest BCUT2D eigenvalue weighted by Gasteiger charge is -2.29. The average molecular weight is 488 g/mol. The molecule has 2 aromatic heterocycles. The first kappa shape index (κ1) is 24.0. The zero-order valence-electron chi connectivity index (χ0n) is 17.4. The van der Waals surface area contributed by atoms with Crippen LogP contribution in [0.25, 0.3) is 11.3 Å². The van der Waals surface area contributed by atoms with Crippen molar-refractivity contribution in [2.45, 2.75) is 39.2 Å². The van der Waals surface area contributed by atoms with Crippen LogP contribution in [0, 0.1) is 11.8 Å². The van der Waals surface area contributed by atoms with Gasteiger partial charge in [-0.3, -0.25) is 13.7 Å². The summed E-state index contributed by atoms with van der Waals surface area (Å²) < 4.78 is 28.8. The van der Waals surface area contributed by atoms with E-state index in [1.807, 2.05) is 6.92 Å². The summed E-state index contributed by atoms with van der Waals surface area (Å²) in [5.41, 5.74) is 1.28. The minimum Gasteiger partial charge on any atom is -0.772 e. The van der Waals surface area contributed by atoms with Crippen LogP contribution in [0.3, 0.4) is 0 Å². The summed E-state index contributed by atoms with van der Waals surface area (Å²) >= 11 is 10.5. The maximum atomic E-state index is 12.8. The van der Waals surface area contributed by atoms with Crippen molar-refractivity contribution < 1.29 is 18.3 Å². The van der Waals surface area contributed by atoms with E-state index in [1.54, 1.807) is 16.9 Å². The zero-order valence-corrected chi connectivity index (χ0v) is 19.7. The molecule has 31 heavy (non-hydrogen) atoms. The van der Waals surface area contributed by atoms with Gasteiger partial charge in [-0.15, -0.1) is 0 Å². The lowest BCUT2D eigenvalue weighted by molar-refractivity contribution is 0.0936. The number of amides is 1. The van der Waals surface area contributed by atoms with E-state index < -0.39 is 11.1 Å². The first-order valence-electron chi connectivity index (χ1n) is 10.1. The molecule has 0 aliphatic heterocycles. The number of hydrogen-bond donors (Lipinski definition) is 1. The van der Waals surface area contributed by atoms with Gasteiger partial charge in [0.15, 0.2) is 5.69 Å². The number of rotatable bonds is 8. The van der Waals surface area contributed by atoms with E-state index in [0.29, 0.717) is 36.0 Å². The van der Waals surface area contributed by atoms with Crippen LogP contribution in [0.15, 0.2) is 12.3 Å². The Hall–Kier alpha value is -1.68. The van der Waals surface area contributed by atoms with Gasteiger partial charge >= 0.3 is 0 Å². The van der Waals surface area contributed by atoms with Crippen LogP contribution in [0.2, 0.25) is 10.2 Å². The van der Waals surface area contributed by atoms with Gasteiger partial charge < -0.3 is 14.6 Å². The molecule has 1 amide bonds. The molecule has 3 rings (SSSR count). The molecule has 1 unspecified atom stereocenters. The molecule has 8 nitrogen and oxygen atoms in total. The van der Waals surface area contributed by atoms with Gasteiger partial charge in [0, 0.05) is 31.1 Å². The van der Waals surface area contributed by atoms with E-state index in [1.165, 1.54) is 7.11 Å². The molecule has 2 heterocycles. The summed E-state index contributed by atoms with van der Waals surface area (Å²) in [5, 5.41) is 7.84. The van der Waals surface area contributed by atoms with Gasteiger partial charge in [-0.05, 0) is 44.4 Å². The molecule has 0 spiro atoms. The topological polar surface area (TPSA) is 109 Å². The fraction of sp³-hybridized carbons (Fsp3) is 0.550. The normalized spacial score (nSPS) is 19.8. The smallest absolute Gasteiger partial charge is 0.273 e. The first-order chi connectivity index (χ1) is 14.8. The van der Waals surface area contributed by atoms with Crippen LogP contribution in [0.4, 0.5) is 0 Å². The predicted octanol–water partition coefficient (Wildman–Crippen LogP) is 3.70. The fourth-order valence-electron chi connectivity index (χ4n) is 3.95. The number of methoxy groups -OCH3 is 1. The van der Waals surface area contributed by atoms with E-state index in [9.17, 15) is 13.6 Å². The molecule has 1 aliphatic rings. The molecule has 11 heteroatoms. The third-order valence-electron chi connectivity index (χ3n) is 5.61. The van der Waals surface area contributed by atoms with E-state index in [-0.39, 0.29) is 33.4 Å². The second-order valence-corrected chi connectivity index (χ2v) is 9.31. The molecular weight excluding hydrogens is 463 g/mol. The Morgan fingerprint density at radius 2 is 2.00 bits per heavy atom. The van der Waals surface area contributed by atoms with Crippen molar-refractivity contribution in [2.75, 3.05) is 19.4 Å². The Bertz CT molecular complexity index is 961. The van der Waals surface area contributed by atoms with Crippen LogP contribution < -0.4 is 10.1 Å². The number of pyridine rings is 1. The largest absolute Gasteiger partial charge is 0.772 e. The third kappa shape index (κ3) is 5.77. The summed E-state index contributed by atoms with van der Waals surface area (Å²) in [7, 11) is 1.52. The second-order valence-electron chi connectivity index (χ2n) is 7.60. The SMILES string of the molecule is CCn1nc(C(=O)NCC2CCC(CS(=O)[O-])CC2)c(Cl)c1-c1cnc(Cl)cc1OC. The van der Waals surface area contributed by atoms with E-state index >= 15 is 0 Å². The van der Waals surface area contributed by atoms with Crippen molar-refractivity contribution in [2.24, 2.45) is 11.8 Å². The van der Waals surface area contributed by atoms with Crippen LogP contribution in [-0.2, 0) is 17.6 Å². The number of aryl methyl sites for hydroxylation is 1. The molecule has 1 N–H and O–H groups in total. The molecule has 1 fully saturated rings. The van der Waals surface area contributed by atoms with Gasteiger partial charge in [-0.2, -0.15) is 5.10 Å². The third-order valence-corrected chi connectivity index (χ3v) is 6.91. The number of ether oxygens (including phenoxy) is 1. The van der Waals surface area contributed by atoms with Gasteiger partial charge in [-0.1, -0.05) is 34.3 Å². The lowest BCUT2D eigenvalue weighted by Crippen LogP contribution is -2.32. The van der Waals surface area contributed by atoms with E-state index in [2.05, 4.69) is 15.4 Å². The zero-order chi connectivity index (χ0) is 22.5. The number of aromatic nitrogens is 3. The molecule has 1 aliphatic carbocycles. The Morgan fingerprint density at radius 3 is 2.61 bits per heavy atom. The maximum absolute atomic E-state index is 12.8. The predicted molar refractivity (Wildman–Crippen MR) is 119 cm³/mol. The van der Waals surface area contributed by atoms with Gasteiger partial charge in [0.1, 0.15) is 10.9 Å². The van der Waals surface area contributed by atoms with Crippen molar-refractivity contribution in [1.82, 2.24) is 20.1 Å². The molecule has 0 radical (unpaired) electrons. The molecule has 1 atom stereocenters. The molecule has 0 saturated heterocycles. The number of hydrogen-bond acceptors (Lipinski definition) is 6. The fourth-order valence-corrected chi connectivity index (χ4v) is 5.14. The number of carbonyl (C=O) groups is 1. The van der Waals surface area contributed by atoms with Crippen molar-refractivity contribution in [3.05, 3.63) is 28.1 Å². The molecule has 1 saturated carbocycles. The Morgan fingerprint density at radius 1 is 1.32 bits per heavy atom. The van der Waals surface area contributed by atoms with Crippen LogP contribution in [0.5, 0.6) is 5.75 Å². The van der Waals surface area contributed by atoms with E-state index in [4.69, 9.17) is 27.9 Å². The molecule has 170 valence electrons. The molecule has 0 bridgehead atoms. The summed E-state index contributed by atoms with van der Waals surface area (Å²) in [6, 6.07) is 1.58. The Balaban J connectivity index is 1.71. The highest BCUT2D eigenvalue weighted by Crippen LogP contribution is 2.37. The van der Waals surface area contributed by atoms with Gasteiger partial charge in [0.05, 0.1) is 23.4 Å². The Kier molecular flexibility index (Phi) is 8.32. The minimum atomic E-state index is -2.00. The quantitative estimate of drug-likeness (QED) is 0.448. The number of carbonyl (C=O) groups excluding carboxylic acids is 1. The molecule has 2 aromatic rings. The van der Waals surface area contributed by atoms with Crippen molar-refractivity contribution in [3.8, 4) is 17.0 Å². The summed E-state index contributed by atoms with van der Waals surface area (Å²) in [4.78, 5) is 16.9. The van der Waals surface area contributed by atoms with Crippen molar-refractivity contribution in [3.63, 3.8) is 0 Å². The summed E-state index contributed by atoms with van der Waals surface area (Å²) in [6.07, 6.45) is 5.03. The highest BCUT2D eigenvalue weighted by Gasteiger charge is 2.26. The molecule has 0 aromatic carbocycles. The summed E-state index contributed by atoms with van der Waals surface area (Å²) in [6.45, 7) is 2.90. The van der Waals surface area contributed by atoms with Crippen molar-refractivity contribution in [1.29, 1.82) is 0 Å². The number of halogens is 2. The van der Waals surface area contributed by atoms with Crippen LogP contribution in [-0.4, -0.2) is 48.8 Å². The average Bonchev–Trinajstić information content (AvgIpc) is 3.08. The van der Waals surface area contributed by atoms with E-state index in [0.717, 1.165) is 25.7 Å².